The maximum absolute atomic E-state index is 10.9. The molecule has 4 nitrogen and oxygen atoms in total. The van der Waals surface area contributed by atoms with Gasteiger partial charge in [0.15, 0.2) is 0 Å². The Hall–Kier alpha value is -1.58. The van der Waals surface area contributed by atoms with Gasteiger partial charge in [-0.05, 0) is 38.3 Å². The van der Waals surface area contributed by atoms with E-state index in [4.69, 9.17) is 9.47 Å². The number of rotatable bonds is 7. The molecule has 0 heterocycles. The summed E-state index contributed by atoms with van der Waals surface area (Å²) in [5.41, 5.74) is 0.323. The average molecular weight is 254 g/mol. The first-order chi connectivity index (χ1) is 8.29. The van der Waals surface area contributed by atoms with Crippen molar-refractivity contribution in [2.75, 3.05) is 6.61 Å². The molecule has 0 aromatic rings. The van der Waals surface area contributed by atoms with E-state index in [0.717, 1.165) is 12.0 Å². The van der Waals surface area contributed by atoms with Crippen LogP contribution in [0.1, 0.15) is 40.5 Å². The quantitative estimate of drug-likeness (QED) is 0.518. The van der Waals surface area contributed by atoms with Crippen molar-refractivity contribution in [2.24, 2.45) is 0 Å². The number of carbonyl (C=O) groups excluding carboxylic acids is 2. The van der Waals surface area contributed by atoms with Crippen LogP contribution in [-0.4, -0.2) is 24.1 Å². The monoisotopic (exact) mass is 254 g/mol. The fraction of sp³-hybridized carbons (Fsp3) is 0.571. The summed E-state index contributed by atoms with van der Waals surface area (Å²) in [7, 11) is 0. The van der Waals surface area contributed by atoms with Crippen LogP contribution in [0, 0.1) is 0 Å². The minimum Gasteiger partial charge on any atom is -0.461 e. The first-order valence-corrected chi connectivity index (χ1v) is 5.91. The van der Waals surface area contributed by atoms with Crippen molar-refractivity contribution >= 4 is 11.9 Å². The number of allylic oxidation sites excluding steroid dienone is 1. The summed E-state index contributed by atoms with van der Waals surface area (Å²) in [6, 6.07) is 0. The van der Waals surface area contributed by atoms with Gasteiger partial charge in [-0.15, -0.1) is 0 Å². The lowest BCUT2D eigenvalue weighted by Gasteiger charge is -2.24. The molecule has 0 spiro atoms. The fourth-order valence-electron chi connectivity index (χ4n) is 1.40. The molecule has 1 unspecified atom stereocenters. The molecule has 0 aromatic carbocycles. The molecule has 0 radical (unpaired) electrons. The maximum atomic E-state index is 10.9. The van der Waals surface area contributed by atoms with Gasteiger partial charge < -0.3 is 9.47 Å². The molecule has 1 atom stereocenters. The van der Waals surface area contributed by atoms with Gasteiger partial charge >= 0.3 is 11.9 Å². The fourth-order valence-corrected chi connectivity index (χ4v) is 1.40. The summed E-state index contributed by atoms with van der Waals surface area (Å²) in [6.07, 6.45) is 4.97. The molecule has 0 aliphatic carbocycles. The molecule has 0 aromatic heterocycles. The largest absolute Gasteiger partial charge is 0.461 e. The molecule has 0 amide bonds. The molecule has 4 heteroatoms. The van der Waals surface area contributed by atoms with Crippen molar-refractivity contribution in [3.05, 3.63) is 24.3 Å². The third kappa shape index (κ3) is 7.65. The number of esters is 2. The van der Waals surface area contributed by atoms with Crippen LogP contribution in [0.4, 0.5) is 0 Å². The van der Waals surface area contributed by atoms with E-state index in [2.05, 4.69) is 6.58 Å². The lowest BCUT2D eigenvalue weighted by atomic mass is 9.99. The van der Waals surface area contributed by atoms with Crippen molar-refractivity contribution in [1.29, 1.82) is 0 Å². The molecule has 0 saturated heterocycles. The number of hydrogen-bond donors (Lipinski definition) is 0. The Bertz CT molecular complexity index is 344. The summed E-state index contributed by atoms with van der Waals surface area (Å²) in [5, 5.41) is 0. The van der Waals surface area contributed by atoms with Gasteiger partial charge in [-0.3, -0.25) is 9.59 Å². The van der Waals surface area contributed by atoms with Crippen molar-refractivity contribution in [2.45, 2.75) is 46.1 Å². The second-order valence-corrected chi connectivity index (χ2v) is 4.48. The summed E-state index contributed by atoms with van der Waals surface area (Å²) in [6.45, 7) is 10.4. The van der Waals surface area contributed by atoms with Crippen LogP contribution >= 0.6 is 0 Å². The molecular formula is C14H22O4. The van der Waals surface area contributed by atoms with Gasteiger partial charge in [0.1, 0.15) is 12.2 Å². The molecule has 102 valence electrons. The molecule has 18 heavy (non-hydrogen) atoms. The van der Waals surface area contributed by atoms with Crippen LogP contribution in [0.2, 0.25) is 0 Å². The molecule has 0 bridgehead atoms. The Morgan fingerprint density at radius 2 is 1.83 bits per heavy atom. The van der Waals surface area contributed by atoms with Gasteiger partial charge in [-0.1, -0.05) is 12.7 Å². The highest BCUT2D eigenvalue weighted by Crippen LogP contribution is 2.20. The van der Waals surface area contributed by atoms with E-state index in [1.54, 1.807) is 6.08 Å². The van der Waals surface area contributed by atoms with E-state index >= 15 is 0 Å². The van der Waals surface area contributed by atoms with E-state index in [1.807, 2.05) is 19.9 Å². The Labute approximate surface area is 109 Å². The Kier molecular flexibility index (Phi) is 7.01. The van der Waals surface area contributed by atoms with Crippen LogP contribution in [0.25, 0.3) is 0 Å². The van der Waals surface area contributed by atoms with Crippen LogP contribution in [0.3, 0.4) is 0 Å². The van der Waals surface area contributed by atoms with Gasteiger partial charge in [-0.2, -0.15) is 0 Å². The van der Waals surface area contributed by atoms with E-state index in [9.17, 15) is 9.59 Å². The first kappa shape index (κ1) is 16.4. The molecule has 0 N–H and O–H groups in total. The minimum atomic E-state index is -0.649. The molecule has 0 rings (SSSR count). The zero-order chi connectivity index (χ0) is 14.2. The summed E-state index contributed by atoms with van der Waals surface area (Å²) < 4.78 is 10.1. The first-order valence-electron chi connectivity index (χ1n) is 5.91. The maximum Gasteiger partial charge on any atom is 0.303 e. The van der Waals surface area contributed by atoms with Gasteiger partial charge in [0.2, 0.25) is 0 Å². The van der Waals surface area contributed by atoms with Crippen LogP contribution in [0.5, 0.6) is 0 Å². The third-order valence-electron chi connectivity index (χ3n) is 2.45. The second kappa shape index (κ2) is 7.69. The Morgan fingerprint density at radius 3 is 2.28 bits per heavy atom. The smallest absolute Gasteiger partial charge is 0.303 e. The summed E-state index contributed by atoms with van der Waals surface area (Å²) in [4.78, 5) is 21.6. The third-order valence-corrected chi connectivity index (χ3v) is 2.45. The lowest BCUT2D eigenvalue weighted by molar-refractivity contribution is -0.151. The molecular weight excluding hydrogens is 232 g/mol. The van der Waals surface area contributed by atoms with Crippen LogP contribution in [-0.2, 0) is 19.1 Å². The minimum absolute atomic E-state index is 0.293. The summed E-state index contributed by atoms with van der Waals surface area (Å²) >= 11 is 0. The van der Waals surface area contributed by atoms with Crippen molar-refractivity contribution in [3.8, 4) is 0 Å². The van der Waals surface area contributed by atoms with Crippen molar-refractivity contribution in [3.63, 3.8) is 0 Å². The molecule has 0 aliphatic heterocycles. The predicted molar refractivity (Wildman–Crippen MR) is 70.0 cm³/mol. The van der Waals surface area contributed by atoms with Crippen molar-refractivity contribution in [1.82, 2.24) is 0 Å². The SMILES string of the molecule is C=CC(C)(CC/C=C(/C)COC(C)=O)OC(C)=O. The second-order valence-electron chi connectivity index (χ2n) is 4.48. The summed E-state index contributed by atoms with van der Waals surface area (Å²) in [5.74, 6) is -0.614. The molecule has 0 fully saturated rings. The highest BCUT2D eigenvalue weighted by Gasteiger charge is 2.22. The van der Waals surface area contributed by atoms with E-state index in [-0.39, 0.29) is 11.9 Å². The van der Waals surface area contributed by atoms with Crippen molar-refractivity contribution < 1.29 is 19.1 Å². The normalized spacial score (nSPS) is 14.6. The molecule has 0 aliphatic rings. The topological polar surface area (TPSA) is 52.6 Å². The van der Waals surface area contributed by atoms with Crippen LogP contribution < -0.4 is 0 Å². The number of hydrogen-bond acceptors (Lipinski definition) is 4. The number of ether oxygens (including phenoxy) is 2. The number of carbonyl (C=O) groups is 2. The van der Waals surface area contributed by atoms with Gasteiger partial charge in [-0.25, -0.2) is 0 Å². The zero-order valence-electron chi connectivity index (χ0n) is 11.6. The van der Waals surface area contributed by atoms with Gasteiger partial charge in [0.25, 0.3) is 0 Å². The van der Waals surface area contributed by atoms with E-state index in [1.165, 1.54) is 13.8 Å². The Morgan fingerprint density at radius 1 is 1.22 bits per heavy atom. The van der Waals surface area contributed by atoms with Gasteiger partial charge in [0.05, 0.1) is 0 Å². The average Bonchev–Trinajstić information content (AvgIpc) is 2.25. The van der Waals surface area contributed by atoms with E-state index < -0.39 is 5.60 Å². The van der Waals surface area contributed by atoms with Gasteiger partial charge in [0, 0.05) is 13.8 Å². The Balaban J connectivity index is 4.20. The highest BCUT2D eigenvalue weighted by molar-refractivity contribution is 5.66. The highest BCUT2D eigenvalue weighted by atomic mass is 16.6. The molecule has 0 saturated carbocycles. The lowest BCUT2D eigenvalue weighted by Crippen LogP contribution is -2.27. The predicted octanol–water partition coefficient (Wildman–Crippen LogP) is 2.78. The standard InChI is InChI=1S/C14H22O4/c1-6-14(5,18-13(4)16)9-7-8-11(2)10-17-12(3)15/h6,8H,1,7,9-10H2,2-5H3/b11-8-. The van der Waals surface area contributed by atoms with Crippen LogP contribution in [0.15, 0.2) is 24.3 Å². The van der Waals surface area contributed by atoms with E-state index in [0.29, 0.717) is 13.0 Å². The zero-order valence-corrected chi connectivity index (χ0v) is 11.6.